The molecule has 18 heavy (non-hydrogen) atoms. The Morgan fingerprint density at radius 1 is 1.61 bits per heavy atom. The zero-order valence-electron chi connectivity index (χ0n) is 10.2. The third-order valence-electron chi connectivity index (χ3n) is 3.14. The minimum Gasteiger partial charge on any atom is -0.478 e. The Kier molecular flexibility index (Phi) is 3.81. The van der Waals surface area contributed by atoms with E-state index in [1.165, 1.54) is 12.1 Å². The molecule has 98 valence electrons. The van der Waals surface area contributed by atoms with Crippen molar-refractivity contribution < 1.29 is 19.0 Å². The van der Waals surface area contributed by atoms with Crippen LogP contribution in [-0.4, -0.2) is 36.9 Å². The summed E-state index contributed by atoms with van der Waals surface area (Å²) in [5.74, 6) is -1.93. The number of carboxylic acid groups (broad SMARTS) is 1. The molecule has 1 atom stereocenters. The summed E-state index contributed by atoms with van der Waals surface area (Å²) in [6.45, 7) is 3.73. The van der Waals surface area contributed by atoms with Crippen molar-refractivity contribution in [3.05, 3.63) is 29.6 Å². The molecule has 1 aromatic carbocycles. The summed E-state index contributed by atoms with van der Waals surface area (Å²) in [6, 6.07) is 4.35. The highest BCUT2D eigenvalue weighted by atomic mass is 19.1. The lowest BCUT2D eigenvalue weighted by atomic mass is 10.1. The smallest absolute Gasteiger partial charge is 0.340 e. The van der Waals surface area contributed by atoms with Crippen LogP contribution in [0.4, 0.5) is 10.1 Å². The molecule has 0 aromatic heterocycles. The van der Waals surface area contributed by atoms with Gasteiger partial charge in [0.15, 0.2) is 0 Å². The second-order valence-electron chi connectivity index (χ2n) is 4.29. The van der Waals surface area contributed by atoms with E-state index in [2.05, 4.69) is 0 Å². The number of morpholine rings is 1. The lowest BCUT2D eigenvalue weighted by Crippen LogP contribution is -2.42. The first-order chi connectivity index (χ1) is 8.63. The fourth-order valence-corrected chi connectivity index (χ4v) is 2.17. The molecule has 0 spiro atoms. The van der Waals surface area contributed by atoms with Gasteiger partial charge in [0.05, 0.1) is 18.4 Å². The second kappa shape index (κ2) is 5.35. The van der Waals surface area contributed by atoms with Crippen molar-refractivity contribution in [1.82, 2.24) is 0 Å². The van der Waals surface area contributed by atoms with Crippen LogP contribution in [0.3, 0.4) is 0 Å². The third-order valence-corrected chi connectivity index (χ3v) is 3.14. The molecule has 1 saturated heterocycles. The van der Waals surface area contributed by atoms with Crippen molar-refractivity contribution in [2.24, 2.45) is 0 Å². The van der Waals surface area contributed by atoms with Gasteiger partial charge in [0.2, 0.25) is 0 Å². The van der Waals surface area contributed by atoms with E-state index in [-0.39, 0.29) is 11.7 Å². The zero-order chi connectivity index (χ0) is 13.1. The van der Waals surface area contributed by atoms with E-state index in [0.717, 1.165) is 6.42 Å². The maximum Gasteiger partial charge on any atom is 0.340 e. The minimum atomic E-state index is -1.23. The number of carbonyl (C=O) groups is 1. The molecule has 1 aliphatic heterocycles. The predicted molar refractivity (Wildman–Crippen MR) is 65.6 cm³/mol. The Morgan fingerprint density at radius 2 is 2.39 bits per heavy atom. The van der Waals surface area contributed by atoms with Crippen LogP contribution in [0.2, 0.25) is 0 Å². The lowest BCUT2D eigenvalue weighted by Gasteiger charge is -2.34. The number of ether oxygens (including phenoxy) is 1. The topological polar surface area (TPSA) is 49.8 Å². The number of halogens is 1. The van der Waals surface area contributed by atoms with Crippen LogP contribution in [0.1, 0.15) is 23.7 Å². The molecule has 0 aliphatic carbocycles. The molecule has 0 bridgehead atoms. The quantitative estimate of drug-likeness (QED) is 0.896. The van der Waals surface area contributed by atoms with Gasteiger partial charge in [-0.2, -0.15) is 0 Å². The summed E-state index contributed by atoms with van der Waals surface area (Å²) in [4.78, 5) is 13.0. The number of rotatable bonds is 3. The Balaban J connectivity index is 2.32. The van der Waals surface area contributed by atoms with E-state index in [1.807, 2.05) is 11.8 Å². The van der Waals surface area contributed by atoms with Crippen LogP contribution in [0.25, 0.3) is 0 Å². The maximum absolute atomic E-state index is 13.6. The van der Waals surface area contributed by atoms with E-state index in [1.54, 1.807) is 6.07 Å². The number of benzene rings is 1. The Bertz CT molecular complexity index is 450. The molecule has 0 amide bonds. The molecule has 1 N–H and O–H groups in total. The van der Waals surface area contributed by atoms with E-state index in [9.17, 15) is 9.18 Å². The van der Waals surface area contributed by atoms with E-state index >= 15 is 0 Å². The number of carboxylic acids is 1. The number of nitrogens with zero attached hydrogens (tertiary/aromatic N) is 1. The van der Waals surface area contributed by atoms with Gasteiger partial charge in [-0.3, -0.25) is 0 Å². The highest BCUT2D eigenvalue weighted by Gasteiger charge is 2.24. The number of aromatic carboxylic acids is 1. The van der Waals surface area contributed by atoms with Gasteiger partial charge in [-0.1, -0.05) is 13.0 Å². The Hall–Kier alpha value is -1.62. The van der Waals surface area contributed by atoms with Gasteiger partial charge in [0.25, 0.3) is 0 Å². The molecule has 1 unspecified atom stereocenters. The van der Waals surface area contributed by atoms with Crippen molar-refractivity contribution in [3.8, 4) is 0 Å². The molecule has 0 saturated carbocycles. The third kappa shape index (κ3) is 2.46. The molecule has 5 heteroatoms. The Morgan fingerprint density at radius 3 is 3.06 bits per heavy atom. The summed E-state index contributed by atoms with van der Waals surface area (Å²) in [5.41, 5.74) is 0.179. The number of hydrogen-bond acceptors (Lipinski definition) is 3. The molecule has 1 aromatic rings. The average molecular weight is 253 g/mol. The molecule has 1 fully saturated rings. The summed E-state index contributed by atoms with van der Waals surface area (Å²) in [5, 5.41) is 9.10. The average Bonchev–Trinajstić information content (AvgIpc) is 2.38. The van der Waals surface area contributed by atoms with Crippen molar-refractivity contribution in [1.29, 1.82) is 0 Å². The van der Waals surface area contributed by atoms with Crippen LogP contribution in [0.5, 0.6) is 0 Å². The standard InChI is InChI=1S/C13H16FNO3/c1-2-9-8-15(6-7-18-9)11-5-3-4-10(14)12(11)13(16)17/h3-5,9H,2,6-8H2,1H3,(H,16,17). The first-order valence-corrected chi connectivity index (χ1v) is 6.01. The van der Waals surface area contributed by atoms with E-state index in [0.29, 0.717) is 25.4 Å². The van der Waals surface area contributed by atoms with E-state index in [4.69, 9.17) is 9.84 Å². The van der Waals surface area contributed by atoms with Crippen molar-refractivity contribution in [3.63, 3.8) is 0 Å². The zero-order valence-corrected chi connectivity index (χ0v) is 10.2. The van der Waals surface area contributed by atoms with Gasteiger partial charge in [0.1, 0.15) is 11.4 Å². The van der Waals surface area contributed by atoms with Gasteiger partial charge < -0.3 is 14.7 Å². The minimum absolute atomic E-state index is 0.0728. The number of anilines is 1. The lowest BCUT2D eigenvalue weighted by molar-refractivity contribution is 0.0382. The molecule has 0 radical (unpaired) electrons. The predicted octanol–water partition coefficient (Wildman–Crippen LogP) is 2.14. The van der Waals surface area contributed by atoms with Crippen LogP contribution < -0.4 is 4.90 Å². The first-order valence-electron chi connectivity index (χ1n) is 6.01. The highest BCUT2D eigenvalue weighted by molar-refractivity contribution is 5.94. The monoisotopic (exact) mass is 253 g/mol. The summed E-state index contributed by atoms with van der Waals surface area (Å²) < 4.78 is 19.1. The van der Waals surface area contributed by atoms with E-state index < -0.39 is 11.8 Å². The second-order valence-corrected chi connectivity index (χ2v) is 4.29. The highest BCUT2D eigenvalue weighted by Crippen LogP contribution is 2.25. The first kappa shape index (κ1) is 12.8. The normalized spacial score (nSPS) is 19.9. The van der Waals surface area contributed by atoms with Gasteiger partial charge in [-0.15, -0.1) is 0 Å². The molecule has 4 nitrogen and oxygen atoms in total. The number of hydrogen-bond donors (Lipinski definition) is 1. The fourth-order valence-electron chi connectivity index (χ4n) is 2.17. The van der Waals surface area contributed by atoms with Gasteiger partial charge in [-0.25, -0.2) is 9.18 Å². The van der Waals surface area contributed by atoms with Crippen LogP contribution in [0, 0.1) is 5.82 Å². The summed E-state index contributed by atoms with van der Waals surface area (Å²) in [6.07, 6.45) is 0.928. The van der Waals surface area contributed by atoms with Crippen molar-refractivity contribution in [2.45, 2.75) is 19.4 Å². The molecular weight excluding hydrogens is 237 g/mol. The fraction of sp³-hybridized carbons (Fsp3) is 0.462. The Labute approximate surface area is 105 Å². The SMILES string of the molecule is CCC1CN(c2cccc(F)c2C(=O)O)CCO1. The van der Waals surface area contributed by atoms with Crippen LogP contribution in [0.15, 0.2) is 18.2 Å². The largest absolute Gasteiger partial charge is 0.478 e. The van der Waals surface area contributed by atoms with Gasteiger partial charge >= 0.3 is 5.97 Å². The van der Waals surface area contributed by atoms with Crippen LogP contribution in [-0.2, 0) is 4.74 Å². The van der Waals surface area contributed by atoms with Gasteiger partial charge in [-0.05, 0) is 18.6 Å². The molecule has 1 heterocycles. The molecule has 2 rings (SSSR count). The molecular formula is C13H16FNO3. The summed E-state index contributed by atoms with van der Waals surface area (Å²) >= 11 is 0. The van der Waals surface area contributed by atoms with Crippen molar-refractivity contribution in [2.75, 3.05) is 24.6 Å². The maximum atomic E-state index is 13.6. The summed E-state index contributed by atoms with van der Waals surface area (Å²) in [7, 11) is 0. The van der Waals surface area contributed by atoms with Crippen molar-refractivity contribution >= 4 is 11.7 Å². The molecule has 1 aliphatic rings. The van der Waals surface area contributed by atoms with Gasteiger partial charge in [0, 0.05) is 13.1 Å². The van der Waals surface area contributed by atoms with Crippen LogP contribution >= 0.6 is 0 Å².